The van der Waals surface area contributed by atoms with Crippen molar-refractivity contribution in [3.8, 4) is 0 Å². The van der Waals surface area contributed by atoms with Crippen LogP contribution in [0.3, 0.4) is 0 Å². The maximum absolute atomic E-state index is 12.6. The Bertz CT molecular complexity index is 1020. The summed E-state index contributed by atoms with van der Waals surface area (Å²) < 4.78 is 1.62. The lowest BCUT2D eigenvalue weighted by atomic mass is 10.2. The molecule has 1 heterocycles. The van der Waals surface area contributed by atoms with E-state index in [-0.39, 0.29) is 11.8 Å². The molecule has 2 aromatic carbocycles. The number of nitrogens with one attached hydrogen (secondary N) is 2. The van der Waals surface area contributed by atoms with Gasteiger partial charge in [0.25, 0.3) is 5.91 Å². The van der Waals surface area contributed by atoms with Crippen LogP contribution in [0.5, 0.6) is 0 Å². The first-order valence-corrected chi connectivity index (χ1v) is 9.39. The molecule has 0 spiro atoms. The second-order valence-electron chi connectivity index (χ2n) is 6.02. The molecular weight excluding hydrogens is 399 g/mol. The van der Waals surface area contributed by atoms with Crippen molar-refractivity contribution in [2.24, 2.45) is 0 Å². The molecule has 6 nitrogen and oxygen atoms in total. The van der Waals surface area contributed by atoms with E-state index in [1.165, 1.54) is 0 Å². The third-order valence-corrected chi connectivity index (χ3v) is 4.90. The Kier molecular flexibility index (Phi) is 6.34. The molecule has 0 unspecified atom stereocenters. The number of hydrogen-bond donors (Lipinski definition) is 2. The highest BCUT2D eigenvalue weighted by Crippen LogP contribution is 2.26. The minimum Gasteiger partial charge on any atom is -0.326 e. The maximum atomic E-state index is 12.6. The van der Waals surface area contributed by atoms with Crippen LogP contribution in [0.1, 0.15) is 29.3 Å². The van der Waals surface area contributed by atoms with E-state index in [0.717, 1.165) is 5.56 Å². The van der Waals surface area contributed by atoms with Crippen molar-refractivity contribution < 1.29 is 9.59 Å². The van der Waals surface area contributed by atoms with Gasteiger partial charge in [0.05, 0.1) is 22.8 Å². The number of rotatable bonds is 6. The zero-order valence-electron chi connectivity index (χ0n) is 15.1. The summed E-state index contributed by atoms with van der Waals surface area (Å²) in [5.74, 6) is 0.0876. The van der Waals surface area contributed by atoms with Gasteiger partial charge in [-0.15, -0.1) is 0 Å². The summed E-state index contributed by atoms with van der Waals surface area (Å²) in [6.45, 7) is 2.12. The average Bonchev–Trinajstić information content (AvgIpc) is 3.12. The lowest BCUT2D eigenvalue weighted by Crippen LogP contribution is -2.17. The van der Waals surface area contributed by atoms with E-state index in [1.54, 1.807) is 60.3 Å². The van der Waals surface area contributed by atoms with E-state index in [1.807, 2.05) is 6.07 Å². The van der Waals surface area contributed by atoms with Crippen LogP contribution in [-0.2, 0) is 11.3 Å². The highest BCUT2D eigenvalue weighted by Gasteiger charge is 2.13. The van der Waals surface area contributed by atoms with Crippen LogP contribution < -0.4 is 10.6 Å². The Morgan fingerprint density at radius 3 is 2.64 bits per heavy atom. The topological polar surface area (TPSA) is 76.0 Å². The molecule has 1 aromatic heterocycles. The van der Waals surface area contributed by atoms with E-state index in [2.05, 4.69) is 15.7 Å². The Labute approximate surface area is 172 Å². The van der Waals surface area contributed by atoms with Crippen LogP contribution in [0, 0.1) is 0 Å². The Morgan fingerprint density at radius 2 is 1.86 bits per heavy atom. The summed E-state index contributed by atoms with van der Waals surface area (Å²) >= 11 is 12.3. The summed E-state index contributed by atoms with van der Waals surface area (Å²) in [7, 11) is 0. The minimum atomic E-state index is -0.313. The van der Waals surface area contributed by atoms with Gasteiger partial charge in [0.2, 0.25) is 5.91 Å². The Hall–Kier alpha value is -2.83. The van der Waals surface area contributed by atoms with Crippen LogP contribution >= 0.6 is 23.2 Å². The number of nitrogens with zero attached hydrogens (tertiary/aromatic N) is 2. The molecule has 0 aliphatic heterocycles. The van der Waals surface area contributed by atoms with Gasteiger partial charge in [0, 0.05) is 23.7 Å². The molecule has 144 valence electrons. The summed E-state index contributed by atoms with van der Waals surface area (Å²) in [4.78, 5) is 24.2. The molecular formula is C20H18Cl2N4O2. The highest BCUT2D eigenvalue weighted by molar-refractivity contribution is 6.42. The van der Waals surface area contributed by atoms with Gasteiger partial charge in [-0.1, -0.05) is 48.3 Å². The molecule has 3 rings (SSSR count). The van der Waals surface area contributed by atoms with Gasteiger partial charge in [-0.2, -0.15) is 5.10 Å². The molecule has 3 aromatic rings. The molecule has 0 saturated carbocycles. The molecule has 0 radical (unpaired) electrons. The predicted molar refractivity (Wildman–Crippen MR) is 111 cm³/mol. The van der Waals surface area contributed by atoms with Crippen molar-refractivity contribution in [3.63, 3.8) is 0 Å². The molecule has 0 aliphatic carbocycles. The molecule has 0 aliphatic rings. The minimum absolute atomic E-state index is 0.117. The first-order valence-electron chi connectivity index (χ1n) is 8.64. The zero-order valence-corrected chi connectivity index (χ0v) is 16.6. The monoisotopic (exact) mass is 416 g/mol. The summed E-state index contributed by atoms with van der Waals surface area (Å²) in [5, 5.41) is 10.7. The fourth-order valence-corrected chi connectivity index (χ4v) is 2.95. The van der Waals surface area contributed by atoms with Gasteiger partial charge < -0.3 is 10.6 Å². The maximum Gasteiger partial charge on any atom is 0.256 e. The number of halogens is 2. The van der Waals surface area contributed by atoms with Crippen molar-refractivity contribution in [1.29, 1.82) is 0 Å². The first-order chi connectivity index (χ1) is 13.5. The second kappa shape index (κ2) is 8.91. The average molecular weight is 417 g/mol. The quantitative estimate of drug-likeness (QED) is 0.603. The van der Waals surface area contributed by atoms with E-state index >= 15 is 0 Å². The molecule has 0 bridgehead atoms. The zero-order chi connectivity index (χ0) is 20.1. The SMILES string of the molecule is CCC(=O)Nc1cccc(C(=O)Nc2ccnn2Cc2cccc(Cl)c2Cl)c1. The lowest BCUT2D eigenvalue weighted by molar-refractivity contribution is -0.115. The molecule has 2 N–H and O–H groups in total. The van der Waals surface area contributed by atoms with E-state index in [4.69, 9.17) is 23.2 Å². The number of anilines is 2. The van der Waals surface area contributed by atoms with Crippen LogP contribution in [0.4, 0.5) is 11.5 Å². The van der Waals surface area contributed by atoms with E-state index < -0.39 is 0 Å². The smallest absolute Gasteiger partial charge is 0.256 e. The van der Waals surface area contributed by atoms with Crippen molar-refractivity contribution >= 4 is 46.5 Å². The lowest BCUT2D eigenvalue weighted by Gasteiger charge is -2.11. The van der Waals surface area contributed by atoms with E-state index in [0.29, 0.717) is 40.1 Å². The summed E-state index contributed by atoms with van der Waals surface area (Å²) in [6, 6.07) is 13.8. The number of aromatic nitrogens is 2. The first kappa shape index (κ1) is 19.9. The third kappa shape index (κ3) is 4.71. The molecule has 0 fully saturated rings. The second-order valence-corrected chi connectivity index (χ2v) is 6.81. The predicted octanol–water partition coefficient (Wildman–Crippen LogP) is 4.84. The van der Waals surface area contributed by atoms with Crippen LogP contribution in [0.2, 0.25) is 10.0 Å². The van der Waals surface area contributed by atoms with Gasteiger partial charge in [0.1, 0.15) is 5.82 Å². The van der Waals surface area contributed by atoms with Gasteiger partial charge in [0.15, 0.2) is 0 Å². The van der Waals surface area contributed by atoms with E-state index in [9.17, 15) is 9.59 Å². The standard InChI is InChI=1S/C20H18Cl2N4O2/c1-2-18(27)24-15-7-3-5-13(11-15)20(28)25-17-9-10-23-26(17)12-14-6-4-8-16(21)19(14)22/h3-11H,2,12H2,1H3,(H,24,27)(H,25,28). The fourth-order valence-electron chi connectivity index (χ4n) is 2.57. The molecule has 8 heteroatoms. The van der Waals surface area contributed by atoms with Crippen molar-refractivity contribution in [3.05, 3.63) is 75.9 Å². The van der Waals surface area contributed by atoms with Gasteiger partial charge >= 0.3 is 0 Å². The number of amides is 2. The molecule has 2 amide bonds. The highest BCUT2D eigenvalue weighted by atomic mass is 35.5. The number of carbonyl (C=O) groups excluding carboxylic acids is 2. The number of hydrogen-bond acceptors (Lipinski definition) is 3. The van der Waals surface area contributed by atoms with Crippen molar-refractivity contribution in [1.82, 2.24) is 9.78 Å². The third-order valence-electron chi connectivity index (χ3n) is 4.04. The van der Waals surface area contributed by atoms with Crippen LogP contribution in [0.15, 0.2) is 54.7 Å². The Balaban J connectivity index is 1.75. The van der Waals surface area contributed by atoms with Gasteiger partial charge in [-0.25, -0.2) is 4.68 Å². The number of carbonyl (C=O) groups is 2. The van der Waals surface area contributed by atoms with Crippen molar-refractivity contribution in [2.45, 2.75) is 19.9 Å². The molecule has 28 heavy (non-hydrogen) atoms. The van der Waals surface area contributed by atoms with Crippen molar-refractivity contribution in [2.75, 3.05) is 10.6 Å². The van der Waals surface area contributed by atoms with Gasteiger partial charge in [-0.05, 0) is 29.8 Å². The number of benzene rings is 2. The Morgan fingerprint density at radius 1 is 1.07 bits per heavy atom. The fraction of sp³-hybridized carbons (Fsp3) is 0.150. The normalized spacial score (nSPS) is 10.5. The summed E-state index contributed by atoms with van der Waals surface area (Å²) in [6.07, 6.45) is 1.95. The van der Waals surface area contributed by atoms with Gasteiger partial charge in [-0.3, -0.25) is 9.59 Å². The molecule has 0 atom stereocenters. The largest absolute Gasteiger partial charge is 0.326 e. The van der Waals surface area contributed by atoms with Crippen LogP contribution in [-0.4, -0.2) is 21.6 Å². The van der Waals surface area contributed by atoms with Crippen LogP contribution in [0.25, 0.3) is 0 Å². The molecule has 0 saturated heterocycles. The summed E-state index contributed by atoms with van der Waals surface area (Å²) in [5.41, 5.74) is 1.78.